The van der Waals surface area contributed by atoms with Gasteiger partial charge in [0.25, 0.3) is 0 Å². The SMILES string of the molecule is COCCOc1ccc2ccccc2n1. The van der Waals surface area contributed by atoms with Crippen LogP contribution in [0.1, 0.15) is 0 Å². The Bertz CT molecular complexity index is 442. The van der Waals surface area contributed by atoms with Crippen LogP contribution in [0.3, 0.4) is 0 Å². The Kier molecular flexibility index (Phi) is 3.15. The number of hydrogen-bond acceptors (Lipinski definition) is 3. The molecule has 0 aliphatic rings. The lowest BCUT2D eigenvalue weighted by Crippen LogP contribution is -2.05. The number of hydrogen-bond donors (Lipinski definition) is 0. The zero-order chi connectivity index (χ0) is 10.5. The van der Waals surface area contributed by atoms with Crippen molar-refractivity contribution in [2.45, 2.75) is 0 Å². The maximum absolute atomic E-state index is 5.42. The van der Waals surface area contributed by atoms with E-state index in [2.05, 4.69) is 4.98 Å². The van der Waals surface area contributed by atoms with Crippen molar-refractivity contribution in [1.82, 2.24) is 4.98 Å². The topological polar surface area (TPSA) is 31.4 Å². The van der Waals surface area contributed by atoms with Gasteiger partial charge in [0, 0.05) is 18.6 Å². The maximum atomic E-state index is 5.42. The molecular formula is C12H13NO2. The molecular weight excluding hydrogens is 190 g/mol. The first-order valence-electron chi connectivity index (χ1n) is 4.87. The molecule has 0 amide bonds. The van der Waals surface area contributed by atoms with Gasteiger partial charge in [-0.05, 0) is 12.1 Å². The van der Waals surface area contributed by atoms with Gasteiger partial charge in [0.1, 0.15) is 6.61 Å². The van der Waals surface area contributed by atoms with E-state index in [0.29, 0.717) is 19.1 Å². The van der Waals surface area contributed by atoms with Crippen LogP contribution in [-0.4, -0.2) is 25.3 Å². The van der Waals surface area contributed by atoms with Crippen LogP contribution < -0.4 is 4.74 Å². The van der Waals surface area contributed by atoms with Gasteiger partial charge in [0.15, 0.2) is 0 Å². The number of methoxy groups -OCH3 is 1. The molecule has 0 fully saturated rings. The van der Waals surface area contributed by atoms with Crippen molar-refractivity contribution in [3.05, 3.63) is 36.4 Å². The van der Waals surface area contributed by atoms with Gasteiger partial charge in [0.2, 0.25) is 5.88 Å². The molecule has 3 heteroatoms. The van der Waals surface area contributed by atoms with Gasteiger partial charge in [-0.25, -0.2) is 4.98 Å². The van der Waals surface area contributed by atoms with Crippen LogP contribution in [0.5, 0.6) is 5.88 Å². The Labute approximate surface area is 88.7 Å². The molecule has 2 aromatic rings. The lowest BCUT2D eigenvalue weighted by atomic mass is 10.2. The Hall–Kier alpha value is -1.61. The minimum Gasteiger partial charge on any atom is -0.475 e. The van der Waals surface area contributed by atoms with Crippen LogP contribution in [0, 0.1) is 0 Å². The van der Waals surface area contributed by atoms with E-state index in [4.69, 9.17) is 9.47 Å². The summed E-state index contributed by atoms with van der Waals surface area (Å²) in [5.41, 5.74) is 0.951. The van der Waals surface area contributed by atoms with Crippen molar-refractivity contribution in [2.75, 3.05) is 20.3 Å². The van der Waals surface area contributed by atoms with Crippen LogP contribution in [-0.2, 0) is 4.74 Å². The largest absolute Gasteiger partial charge is 0.475 e. The van der Waals surface area contributed by atoms with E-state index in [1.807, 2.05) is 36.4 Å². The average molecular weight is 203 g/mol. The highest BCUT2D eigenvalue weighted by atomic mass is 16.5. The van der Waals surface area contributed by atoms with Gasteiger partial charge in [-0.15, -0.1) is 0 Å². The Morgan fingerprint density at radius 2 is 1.93 bits per heavy atom. The Morgan fingerprint density at radius 3 is 2.80 bits per heavy atom. The fourth-order valence-electron chi connectivity index (χ4n) is 1.36. The number of aromatic nitrogens is 1. The van der Waals surface area contributed by atoms with E-state index >= 15 is 0 Å². The van der Waals surface area contributed by atoms with Gasteiger partial charge in [-0.2, -0.15) is 0 Å². The second-order valence-electron chi connectivity index (χ2n) is 3.18. The van der Waals surface area contributed by atoms with Gasteiger partial charge in [-0.1, -0.05) is 18.2 Å². The summed E-state index contributed by atoms with van der Waals surface area (Å²) >= 11 is 0. The van der Waals surface area contributed by atoms with Gasteiger partial charge < -0.3 is 9.47 Å². The van der Waals surface area contributed by atoms with Crippen LogP contribution >= 0.6 is 0 Å². The Morgan fingerprint density at radius 1 is 1.07 bits per heavy atom. The molecule has 3 nitrogen and oxygen atoms in total. The van der Waals surface area contributed by atoms with E-state index in [0.717, 1.165) is 10.9 Å². The van der Waals surface area contributed by atoms with Crippen molar-refractivity contribution in [3.63, 3.8) is 0 Å². The lowest BCUT2D eigenvalue weighted by Gasteiger charge is -2.05. The number of fused-ring (bicyclic) bond motifs is 1. The third-order valence-corrected chi connectivity index (χ3v) is 2.11. The van der Waals surface area contributed by atoms with Crippen molar-refractivity contribution in [1.29, 1.82) is 0 Å². The smallest absolute Gasteiger partial charge is 0.213 e. The molecule has 0 aliphatic heterocycles. The van der Waals surface area contributed by atoms with E-state index < -0.39 is 0 Å². The van der Waals surface area contributed by atoms with Crippen molar-refractivity contribution >= 4 is 10.9 Å². The third kappa shape index (κ3) is 2.44. The molecule has 1 heterocycles. The summed E-state index contributed by atoms with van der Waals surface area (Å²) < 4.78 is 10.3. The van der Waals surface area contributed by atoms with E-state index in [1.54, 1.807) is 7.11 Å². The van der Waals surface area contributed by atoms with Gasteiger partial charge >= 0.3 is 0 Å². The molecule has 1 aromatic carbocycles. The lowest BCUT2D eigenvalue weighted by molar-refractivity contribution is 0.144. The highest BCUT2D eigenvalue weighted by Crippen LogP contribution is 2.15. The van der Waals surface area contributed by atoms with E-state index in [1.165, 1.54) is 0 Å². The number of rotatable bonds is 4. The minimum atomic E-state index is 0.530. The van der Waals surface area contributed by atoms with Gasteiger partial charge in [0.05, 0.1) is 12.1 Å². The van der Waals surface area contributed by atoms with Gasteiger partial charge in [-0.3, -0.25) is 0 Å². The minimum absolute atomic E-state index is 0.530. The standard InChI is InChI=1S/C12H13NO2/c1-14-8-9-15-12-7-6-10-4-2-3-5-11(10)13-12/h2-7H,8-9H2,1H3. The van der Waals surface area contributed by atoms with Crippen LogP contribution in [0.4, 0.5) is 0 Å². The maximum Gasteiger partial charge on any atom is 0.213 e. The first-order chi connectivity index (χ1) is 7.40. The summed E-state index contributed by atoms with van der Waals surface area (Å²) in [6.45, 7) is 1.11. The number of pyridine rings is 1. The first-order valence-corrected chi connectivity index (χ1v) is 4.87. The van der Waals surface area contributed by atoms with Crippen molar-refractivity contribution in [3.8, 4) is 5.88 Å². The molecule has 0 saturated carbocycles. The molecule has 0 radical (unpaired) electrons. The third-order valence-electron chi connectivity index (χ3n) is 2.11. The quantitative estimate of drug-likeness (QED) is 0.714. The zero-order valence-corrected chi connectivity index (χ0v) is 8.64. The second-order valence-corrected chi connectivity index (χ2v) is 3.18. The number of nitrogens with zero attached hydrogens (tertiary/aromatic N) is 1. The monoisotopic (exact) mass is 203 g/mol. The number of para-hydroxylation sites is 1. The summed E-state index contributed by atoms with van der Waals surface area (Å²) in [5.74, 6) is 0.644. The van der Waals surface area contributed by atoms with E-state index in [-0.39, 0.29) is 0 Å². The summed E-state index contributed by atoms with van der Waals surface area (Å²) in [6, 6.07) is 11.8. The molecule has 0 aliphatic carbocycles. The predicted molar refractivity (Wildman–Crippen MR) is 59.1 cm³/mol. The fourth-order valence-corrected chi connectivity index (χ4v) is 1.36. The molecule has 2 rings (SSSR count). The molecule has 0 N–H and O–H groups in total. The molecule has 1 aromatic heterocycles. The summed E-state index contributed by atoms with van der Waals surface area (Å²) in [6.07, 6.45) is 0. The fraction of sp³-hybridized carbons (Fsp3) is 0.250. The Balaban J connectivity index is 2.16. The van der Waals surface area contributed by atoms with E-state index in [9.17, 15) is 0 Å². The second kappa shape index (κ2) is 4.75. The number of benzene rings is 1. The predicted octanol–water partition coefficient (Wildman–Crippen LogP) is 2.26. The first kappa shape index (κ1) is 9.93. The molecule has 78 valence electrons. The van der Waals surface area contributed by atoms with Crippen LogP contribution in [0.2, 0.25) is 0 Å². The average Bonchev–Trinajstić information content (AvgIpc) is 2.29. The van der Waals surface area contributed by atoms with Crippen LogP contribution in [0.25, 0.3) is 10.9 Å². The summed E-state index contributed by atoms with van der Waals surface area (Å²) in [5, 5.41) is 1.12. The summed E-state index contributed by atoms with van der Waals surface area (Å²) in [4.78, 5) is 4.37. The normalized spacial score (nSPS) is 10.5. The molecule has 0 atom stereocenters. The van der Waals surface area contributed by atoms with Crippen molar-refractivity contribution < 1.29 is 9.47 Å². The number of ether oxygens (including phenoxy) is 2. The molecule has 0 saturated heterocycles. The molecule has 15 heavy (non-hydrogen) atoms. The highest BCUT2D eigenvalue weighted by molar-refractivity contribution is 5.78. The zero-order valence-electron chi connectivity index (χ0n) is 8.64. The molecule has 0 spiro atoms. The summed E-state index contributed by atoms with van der Waals surface area (Å²) in [7, 11) is 1.65. The van der Waals surface area contributed by atoms with Crippen LogP contribution in [0.15, 0.2) is 36.4 Å². The highest BCUT2D eigenvalue weighted by Gasteiger charge is 1.97. The van der Waals surface area contributed by atoms with Crippen molar-refractivity contribution in [2.24, 2.45) is 0 Å². The molecule has 0 unspecified atom stereocenters. The molecule has 0 bridgehead atoms.